The van der Waals surface area contributed by atoms with E-state index in [9.17, 15) is 9.65 Å². The molecule has 0 aliphatic heterocycles. The molecular weight excluding hydrogens is 307 g/mol. The fourth-order valence-electron chi connectivity index (χ4n) is 2.51. The van der Waals surface area contributed by atoms with E-state index in [1.165, 1.54) is 28.5 Å². The van der Waals surface area contributed by atoms with Crippen LogP contribution in [-0.4, -0.2) is 6.21 Å². The van der Waals surface area contributed by atoms with Crippen LogP contribution in [0.1, 0.15) is 34.4 Å². The first-order chi connectivity index (χ1) is 10.2. The van der Waals surface area contributed by atoms with Crippen molar-refractivity contribution < 1.29 is 4.39 Å². The van der Waals surface area contributed by atoms with Gasteiger partial charge in [-0.25, -0.2) is 9.38 Å². The van der Waals surface area contributed by atoms with E-state index in [1.54, 1.807) is 12.1 Å². The lowest BCUT2D eigenvalue weighted by molar-refractivity contribution is 0.626. The predicted molar refractivity (Wildman–Crippen MR) is 84.3 cm³/mol. The molecule has 0 radical (unpaired) electrons. The molecule has 0 atom stereocenters. The summed E-state index contributed by atoms with van der Waals surface area (Å²) in [4.78, 5) is 5.56. The maximum Gasteiger partial charge on any atom is 0.134 e. The summed E-state index contributed by atoms with van der Waals surface area (Å²) < 4.78 is 13.7. The van der Waals surface area contributed by atoms with Crippen LogP contribution in [0, 0.1) is 17.1 Å². The first kappa shape index (κ1) is 14.2. The minimum Gasteiger partial charge on any atom is -0.244 e. The maximum atomic E-state index is 13.7. The van der Waals surface area contributed by atoms with Crippen LogP contribution in [0.5, 0.6) is 0 Å². The van der Waals surface area contributed by atoms with Gasteiger partial charge in [-0.15, -0.1) is 11.3 Å². The van der Waals surface area contributed by atoms with E-state index < -0.39 is 5.82 Å². The van der Waals surface area contributed by atoms with E-state index in [0.717, 1.165) is 31.2 Å². The first-order valence-electron chi connectivity index (χ1n) is 6.73. The molecule has 0 fully saturated rings. The number of halogens is 2. The van der Waals surface area contributed by atoms with Gasteiger partial charge >= 0.3 is 0 Å². The summed E-state index contributed by atoms with van der Waals surface area (Å²) in [7, 11) is 0. The first-order valence-corrected chi connectivity index (χ1v) is 7.93. The Hall–Kier alpha value is -1.70. The Bertz CT molecular complexity index is 738. The average molecular weight is 319 g/mol. The van der Waals surface area contributed by atoms with Crippen molar-refractivity contribution >= 4 is 34.2 Å². The molecule has 0 unspecified atom stereocenters. The number of nitriles is 1. The van der Waals surface area contributed by atoms with Crippen molar-refractivity contribution in [3.8, 4) is 6.07 Å². The van der Waals surface area contributed by atoms with Crippen molar-refractivity contribution in [1.29, 1.82) is 5.26 Å². The summed E-state index contributed by atoms with van der Waals surface area (Å²) in [6.07, 6.45) is 5.62. The minimum atomic E-state index is -0.411. The van der Waals surface area contributed by atoms with Crippen molar-refractivity contribution in [2.75, 3.05) is 0 Å². The largest absolute Gasteiger partial charge is 0.244 e. The minimum absolute atomic E-state index is 0.259. The van der Waals surface area contributed by atoms with Crippen LogP contribution in [0.3, 0.4) is 0 Å². The van der Waals surface area contributed by atoms with Gasteiger partial charge in [-0.05, 0) is 43.4 Å². The van der Waals surface area contributed by atoms with Crippen LogP contribution in [0.4, 0.5) is 9.39 Å². The molecule has 1 aromatic heterocycles. The smallest absolute Gasteiger partial charge is 0.134 e. The molecule has 0 amide bonds. The van der Waals surface area contributed by atoms with E-state index in [1.807, 2.05) is 0 Å². The molecule has 0 N–H and O–H groups in total. The second-order valence-electron chi connectivity index (χ2n) is 4.90. The number of hydrogen-bond donors (Lipinski definition) is 0. The molecule has 2 aromatic rings. The maximum absolute atomic E-state index is 13.7. The zero-order valence-corrected chi connectivity index (χ0v) is 12.8. The molecule has 1 heterocycles. The number of aryl methyl sites for hydroxylation is 1. The Morgan fingerprint density at radius 2 is 2.14 bits per heavy atom. The predicted octanol–water partition coefficient (Wildman–Crippen LogP) is 5.04. The summed E-state index contributed by atoms with van der Waals surface area (Å²) in [6, 6.07) is 6.76. The Morgan fingerprint density at radius 3 is 2.90 bits per heavy atom. The van der Waals surface area contributed by atoms with Gasteiger partial charge < -0.3 is 0 Å². The van der Waals surface area contributed by atoms with Gasteiger partial charge in [-0.3, -0.25) is 0 Å². The normalized spacial score (nSPS) is 14.1. The average Bonchev–Trinajstić information content (AvgIpc) is 2.84. The number of hydrogen-bond acceptors (Lipinski definition) is 3. The van der Waals surface area contributed by atoms with Crippen LogP contribution >= 0.6 is 22.9 Å². The molecule has 21 heavy (non-hydrogen) atoms. The fourth-order valence-corrected chi connectivity index (χ4v) is 3.91. The number of benzene rings is 1. The number of nitrogens with zero attached hydrogens (tertiary/aromatic N) is 2. The molecule has 0 spiro atoms. The molecule has 2 nitrogen and oxygen atoms in total. The van der Waals surface area contributed by atoms with Gasteiger partial charge in [0.2, 0.25) is 0 Å². The van der Waals surface area contributed by atoms with Gasteiger partial charge in [-0.2, -0.15) is 5.26 Å². The standard InChI is InChI=1S/C16H12ClFN2S/c17-13-5-3-6-14(18)12(13)9-20-16-11(8-19)10-4-1-2-7-15(10)21-16/h3,5-6,9H,1-2,4,7H2. The lowest BCUT2D eigenvalue weighted by atomic mass is 9.96. The van der Waals surface area contributed by atoms with Gasteiger partial charge in [0.05, 0.1) is 10.6 Å². The Morgan fingerprint density at radius 1 is 1.33 bits per heavy atom. The zero-order chi connectivity index (χ0) is 14.8. The van der Waals surface area contributed by atoms with Crippen molar-refractivity contribution in [3.05, 3.63) is 50.6 Å². The Balaban J connectivity index is 2.01. The van der Waals surface area contributed by atoms with Gasteiger partial charge in [0.25, 0.3) is 0 Å². The molecule has 1 aliphatic carbocycles. The molecule has 5 heteroatoms. The monoisotopic (exact) mass is 318 g/mol. The molecule has 3 rings (SSSR count). The van der Waals surface area contributed by atoms with Gasteiger partial charge in [-0.1, -0.05) is 17.7 Å². The second kappa shape index (κ2) is 5.97. The molecule has 0 bridgehead atoms. The van der Waals surface area contributed by atoms with E-state index in [-0.39, 0.29) is 5.56 Å². The third-order valence-electron chi connectivity index (χ3n) is 3.58. The molecule has 0 saturated heterocycles. The molecule has 1 aliphatic rings. The lowest BCUT2D eigenvalue weighted by Gasteiger charge is -2.09. The molecule has 0 saturated carbocycles. The lowest BCUT2D eigenvalue weighted by Crippen LogP contribution is -1.99. The van der Waals surface area contributed by atoms with E-state index in [4.69, 9.17) is 11.6 Å². The van der Waals surface area contributed by atoms with Crippen LogP contribution < -0.4 is 0 Å². The third kappa shape index (κ3) is 2.72. The number of fused-ring (bicyclic) bond motifs is 1. The summed E-state index contributed by atoms with van der Waals surface area (Å²) in [5, 5.41) is 10.3. The molecule has 1 aromatic carbocycles. The highest BCUT2D eigenvalue weighted by molar-refractivity contribution is 7.16. The second-order valence-corrected chi connectivity index (χ2v) is 6.39. The van der Waals surface area contributed by atoms with Crippen LogP contribution in [0.25, 0.3) is 0 Å². The number of thiophene rings is 1. The highest BCUT2D eigenvalue weighted by atomic mass is 35.5. The number of rotatable bonds is 2. The van der Waals surface area contributed by atoms with Crippen LogP contribution in [0.15, 0.2) is 23.2 Å². The highest BCUT2D eigenvalue weighted by Crippen LogP contribution is 2.39. The molecular formula is C16H12ClFN2S. The summed E-state index contributed by atoms with van der Waals surface area (Å²) in [6.45, 7) is 0. The quantitative estimate of drug-likeness (QED) is 0.714. The fraction of sp³-hybridized carbons (Fsp3) is 0.250. The van der Waals surface area contributed by atoms with Crippen molar-refractivity contribution in [1.82, 2.24) is 0 Å². The molecule has 106 valence electrons. The SMILES string of the molecule is N#Cc1c(N=Cc2c(F)cccc2Cl)sc2c1CCCC2. The van der Waals surface area contributed by atoms with Crippen molar-refractivity contribution in [2.45, 2.75) is 25.7 Å². The summed E-state index contributed by atoms with van der Waals surface area (Å²) in [5.41, 5.74) is 2.02. The van der Waals surface area contributed by atoms with Crippen LogP contribution in [0.2, 0.25) is 5.02 Å². The van der Waals surface area contributed by atoms with Gasteiger partial charge in [0.15, 0.2) is 0 Å². The topological polar surface area (TPSA) is 36.1 Å². The third-order valence-corrected chi connectivity index (χ3v) is 5.10. The van der Waals surface area contributed by atoms with E-state index in [0.29, 0.717) is 15.6 Å². The van der Waals surface area contributed by atoms with Crippen molar-refractivity contribution in [2.24, 2.45) is 4.99 Å². The van der Waals surface area contributed by atoms with Gasteiger partial charge in [0.1, 0.15) is 16.9 Å². The van der Waals surface area contributed by atoms with Crippen LogP contribution in [-0.2, 0) is 12.8 Å². The Labute approximate surface area is 131 Å². The summed E-state index contributed by atoms with van der Waals surface area (Å²) in [5.74, 6) is -0.411. The zero-order valence-electron chi connectivity index (χ0n) is 11.2. The van der Waals surface area contributed by atoms with E-state index in [2.05, 4.69) is 11.1 Å². The van der Waals surface area contributed by atoms with E-state index >= 15 is 0 Å². The summed E-state index contributed by atoms with van der Waals surface area (Å²) >= 11 is 7.51. The highest BCUT2D eigenvalue weighted by Gasteiger charge is 2.20. The van der Waals surface area contributed by atoms with Gasteiger partial charge in [0, 0.05) is 16.7 Å². The Kier molecular flexibility index (Phi) is 4.05. The van der Waals surface area contributed by atoms with Crippen molar-refractivity contribution in [3.63, 3.8) is 0 Å². The number of aliphatic imine (C=N–C) groups is 1.